The summed E-state index contributed by atoms with van der Waals surface area (Å²) >= 11 is 0. The van der Waals surface area contributed by atoms with Crippen molar-refractivity contribution < 1.29 is 9.90 Å². The standard InChI is InChI=1S/C10H13NO2/c12-10(13)8-5-7-3-1-2-4-9(7)11-6-8/h2,4,8,11H,1,3,5-6H2,(H,12,13). The van der Waals surface area contributed by atoms with Crippen LogP contribution in [0.1, 0.15) is 19.3 Å². The maximum atomic E-state index is 10.7. The van der Waals surface area contributed by atoms with E-state index in [1.807, 2.05) is 0 Å². The first-order valence-electron chi connectivity index (χ1n) is 4.62. The Morgan fingerprint density at radius 1 is 1.62 bits per heavy atom. The van der Waals surface area contributed by atoms with Gasteiger partial charge in [0.15, 0.2) is 0 Å². The maximum Gasteiger partial charge on any atom is 0.308 e. The van der Waals surface area contributed by atoms with Crippen molar-refractivity contribution in [3.8, 4) is 0 Å². The van der Waals surface area contributed by atoms with Crippen molar-refractivity contribution in [2.75, 3.05) is 6.54 Å². The van der Waals surface area contributed by atoms with Gasteiger partial charge in [-0.15, -0.1) is 0 Å². The fourth-order valence-electron chi connectivity index (χ4n) is 1.88. The average molecular weight is 179 g/mol. The van der Waals surface area contributed by atoms with Crippen LogP contribution in [0.25, 0.3) is 0 Å². The van der Waals surface area contributed by atoms with Crippen molar-refractivity contribution in [1.29, 1.82) is 0 Å². The molecule has 2 rings (SSSR count). The lowest BCUT2D eigenvalue weighted by Crippen LogP contribution is -2.33. The normalized spacial score (nSPS) is 26.6. The van der Waals surface area contributed by atoms with Gasteiger partial charge in [-0.05, 0) is 30.9 Å². The summed E-state index contributed by atoms with van der Waals surface area (Å²) in [6.45, 7) is 0.568. The van der Waals surface area contributed by atoms with Gasteiger partial charge in [0.05, 0.1) is 5.92 Å². The summed E-state index contributed by atoms with van der Waals surface area (Å²) in [5.74, 6) is -0.918. The zero-order valence-electron chi connectivity index (χ0n) is 7.42. The number of allylic oxidation sites excluding steroid dienone is 3. The molecule has 1 heterocycles. The molecule has 0 saturated carbocycles. The molecule has 0 amide bonds. The van der Waals surface area contributed by atoms with Gasteiger partial charge in [0.1, 0.15) is 0 Å². The van der Waals surface area contributed by atoms with Crippen LogP contribution in [0, 0.1) is 5.92 Å². The molecule has 0 radical (unpaired) electrons. The van der Waals surface area contributed by atoms with Gasteiger partial charge in [0.25, 0.3) is 0 Å². The van der Waals surface area contributed by atoms with Crippen LogP contribution in [0.2, 0.25) is 0 Å². The molecule has 0 bridgehead atoms. The minimum Gasteiger partial charge on any atom is -0.481 e. The summed E-state index contributed by atoms with van der Waals surface area (Å²) in [6, 6.07) is 0. The number of carbonyl (C=O) groups is 1. The molecule has 0 aromatic rings. The molecule has 1 aliphatic heterocycles. The van der Waals surface area contributed by atoms with Crippen molar-refractivity contribution in [3.05, 3.63) is 23.4 Å². The second kappa shape index (κ2) is 3.24. The molecule has 1 unspecified atom stereocenters. The molecule has 1 aliphatic carbocycles. The van der Waals surface area contributed by atoms with Gasteiger partial charge in [-0.2, -0.15) is 0 Å². The molecular weight excluding hydrogens is 166 g/mol. The molecule has 2 N–H and O–H groups in total. The zero-order chi connectivity index (χ0) is 9.26. The lowest BCUT2D eigenvalue weighted by atomic mass is 9.89. The molecule has 13 heavy (non-hydrogen) atoms. The fraction of sp³-hybridized carbons (Fsp3) is 0.500. The molecule has 2 aliphatic rings. The van der Waals surface area contributed by atoms with Crippen LogP contribution < -0.4 is 5.32 Å². The van der Waals surface area contributed by atoms with Crippen molar-refractivity contribution in [2.24, 2.45) is 5.92 Å². The predicted octanol–water partition coefficient (Wildman–Crippen LogP) is 1.28. The van der Waals surface area contributed by atoms with E-state index in [4.69, 9.17) is 5.11 Å². The predicted molar refractivity (Wildman–Crippen MR) is 49.1 cm³/mol. The molecule has 0 spiro atoms. The molecule has 70 valence electrons. The van der Waals surface area contributed by atoms with Crippen LogP contribution in [-0.4, -0.2) is 17.6 Å². The highest BCUT2D eigenvalue weighted by atomic mass is 16.4. The zero-order valence-corrected chi connectivity index (χ0v) is 7.42. The van der Waals surface area contributed by atoms with Crippen LogP contribution >= 0.6 is 0 Å². The molecule has 3 nitrogen and oxygen atoms in total. The summed E-state index contributed by atoms with van der Waals surface area (Å²) in [5.41, 5.74) is 2.44. The minimum atomic E-state index is -0.686. The van der Waals surface area contributed by atoms with E-state index in [9.17, 15) is 4.79 Å². The highest BCUT2D eigenvalue weighted by molar-refractivity contribution is 5.71. The van der Waals surface area contributed by atoms with Crippen LogP contribution in [-0.2, 0) is 4.79 Å². The third-order valence-electron chi connectivity index (χ3n) is 2.66. The number of hydrogen-bond acceptors (Lipinski definition) is 2. The van der Waals surface area contributed by atoms with E-state index in [2.05, 4.69) is 17.5 Å². The van der Waals surface area contributed by atoms with Gasteiger partial charge >= 0.3 is 5.97 Å². The Morgan fingerprint density at radius 2 is 2.46 bits per heavy atom. The SMILES string of the molecule is O=C(O)C1CNC2=C(CCC=C2)C1. The second-order valence-electron chi connectivity index (χ2n) is 3.58. The summed E-state index contributed by atoms with van der Waals surface area (Å²) < 4.78 is 0. The van der Waals surface area contributed by atoms with Crippen LogP contribution in [0.4, 0.5) is 0 Å². The number of carboxylic acids is 1. The third-order valence-corrected chi connectivity index (χ3v) is 2.66. The Hall–Kier alpha value is -1.25. The lowest BCUT2D eigenvalue weighted by molar-refractivity contribution is -0.141. The molecule has 0 aromatic heterocycles. The Kier molecular flexibility index (Phi) is 2.08. The smallest absolute Gasteiger partial charge is 0.308 e. The van der Waals surface area contributed by atoms with E-state index in [1.165, 1.54) is 5.57 Å². The third kappa shape index (κ3) is 1.59. The Labute approximate surface area is 77.1 Å². The Balaban J connectivity index is 2.14. The van der Waals surface area contributed by atoms with Gasteiger partial charge in [-0.1, -0.05) is 6.08 Å². The maximum absolute atomic E-state index is 10.7. The Bertz CT molecular complexity index is 291. The molecule has 3 heteroatoms. The number of aliphatic carboxylic acids is 1. The summed E-state index contributed by atoms with van der Waals surface area (Å²) in [6.07, 6.45) is 6.99. The first-order chi connectivity index (χ1) is 6.27. The summed E-state index contributed by atoms with van der Waals surface area (Å²) in [7, 11) is 0. The quantitative estimate of drug-likeness (QED) is 0.637. The largest absolute Gasteiger partial charge is 0.481 e. The van der Waals surface area contributed by atoms with E-state index in [1.54, 1.807) is 0 Å². The summed E-state index contributed by atoms with van der Waals surface area (Å²) in [4.78, 5) is 10.7. The van der Waals surface area contributed by atoms with Crippen LogP contribution in [0.3, 0.4) is 0 Å². The lowest BCUT2D eigenvalue weighted by Gasteiger charge is -2.26. The van der Waals surface area contributed by atoms with Gasteiger partial charge in [-0.25, -0.2) is 0 Å². The fourth-order valence-corrected chi connectivity index (χ4v) is 1.88. The van der Waals surface area contributed by atoms with Crippen molar-refractivity contribution in [3.63, 3.8) is 0 Å². The van der Waals surface area contributed by atoms with E-state index in [0.29, 0.717) is 6.54 Å². The molecule has 0 aromatic carbocycles. The van der Waals surface area contributed by atoms with Gasteiger partial charge in [0, 0.05) is 12.2 Å². The highest BCUT2D eigenvalue weighted by Gasteiger charge is 2.25. The number of rotatable bonds is 1. The number of hydrogen-bond donors (Lipinski definition) is 2. The number of nitrogens with one attached hydrogen (secondary N) is 1. The highest BCUT2D eigenvalue weighted by Crippen LogP contribution is 2.27. The van der Waals surface area contributed by atoms with Crippen LogP contribution in [0.5, 0.6) is 0 Å². The second-order valence-corrected chi connectivity index (χ2v) is 3.58. The Morgan fingerprint density at radius 3 is 3.23 bits per heavy atom. The first-order valence-corrected chi connectivity index (χ1v) is 4.62. The van der Waals surface area contributed by atoms with E-state index >= 15 is 0 Å². The summed E-state index contributed by atoms with van der Waals surface area (Å²) in [5, 5.41) is 12.0. The van der Waals surface area contributed by atoms with E-state index in [0.717, 1.165) is 25.0 Å². The van der Waals surface area contributed by atoms with Gasteiger partial charge < -0.3 is 10.4 Å². The molecule has 0 fully saturated rings. The number of carboxylic acid groups (broad SMARTS) is 1. The monoisotopic (exact) mass is 179 g/mol. The van der Waals surface area contributed by atoms with Gasteiger partial charge in [-0.3, -0.25) is 4.79 Å². The van der Waals surface area contributed by atoms with Crippen molar-refractivity contribution >= 4 is 5.97 Å². The molecule has 1 atom stereocenters. The van der Waals surface area contributed by atoms with Gasteiger partial charge in [0.2, 0.25) is 0 Å². The van der Waals surface area contributed by atoms with Crippen molar-refractivity contribution in [1.82, 2.24) is 5.32 Å². The average Bonchev–Trinajstić information content (AvgIpc) is 2.17. The first kappa shape index (κ1) is 8.35. The van der Waals surface area contributed by atoms with E-state index < -0.39 is 5.97 Å². The van der Waals surface area contributed by atoms with Crippen molar-refractivity contribution in [2.45, 2.75) is 19.3 Å². The van der Waals surface area contributed by atoms with Crippen LogP contribution in [0.15, 0.2) is 23.4 Å². The minimum absolute atomic E-state index is 0.231. The van der Waals surface area contributed by atoms with E-state index in [-0.39, 0.29) is 5.92 Å². The molecular formula is C10H13NO2. The topological polar surface area (TPSA) is 49.3 Å². The molecule has 0 saturated heterocycles.